The predicted octanol–water partition coefficient (Wildman–Crippen LogP) is 5.51. The number of anilines is 2. The minimum Gasteiger partial charge on any atom is -1.00 e. The van der Waals surface area contributed by atoms with Crippen molar-refractivity contribution >= 4 is 64.8 Å². The molecule has 23 heteroatoms. The van der Waals surface area contributed by atoms with Crippen LogP contribution in [0.25, 0.3) is 11.0 Å². The first-order chi connectivity index (χ1) is 35.8. The number of para-hydroxylation sites is 2. The second-order valence-electron chi connectivity index (χ2n) is 16.4. The summed E-state index contributed by atoms with van der Waals surface area (Å²) in [4.78, 5) is 33.0. The molecule has 4 aromatic heterocycles. The SMILES string of the molecule is C[P+](C)(Oc1ccccc1)Oc1ccccc1.O=C(Nc1ncnn2c([C@@H]3O[C@H](CI)[C@@H](O)[C@H]3F)ccc12)c1ccccc1.O=C(Nc1ncnn2c([C@@H]3O[C@H](CO)[C@@H](O)[C@H]3F)ccc12)c1ccccc1.[2H]CF.[I-]. The van der Waals surface area contributed by atoms with Gasteiger partial charge in [-0.05, 0) is 72.8 Å². The zero-order valence-corrected chi connectivity index (χ0v) is 44.8. The number of aliphatic hydroxyl groups excluding tert-OH is 3. The zero-order chi connectivity index (χ0) is 52.8. The van der Waals surface area contributed by atoms with Crippen LogP contribution in [0.3, 0.4) is 0 Å². The van der Waals surface area contributed by atoms with Crippen LogP contribution in [-0.2, 0) is 9.47 Å². The maximum atomic E-state index is 14.5. The number of rotatable bonds is 12. The standard InChI is InChI=1S/C18H16FIN4O3.C18H17FN4O4.C14H16O2P.CH3F.HI/c19-14-15(25)13(8-20)27-16(14)11-6-7-12-17(21-9-22-24(11)12)23-18(26)10-4-2-1-3-5-10;19-14-15(25)13(8-24)27-16(14)11-6-7-12-17(20-9-21-23(11)12)22-18(26)10-4-2-1-3-5-10;1-17(2,15-13-9-5-3-6-10-13)16-14-11-7-4-8-12-14;1-2;/h1-7,9,13-16,25H,8H2,(H,21,22,23,26);1-7,9,13-16,24-25H,8H2,(H,20,21,22,26);3-12H,1-2H3;1H3;1H/q;;+1;;/p-1/t2*13-,14-,15-,16+;;;/m11.../s1/i;;;1D;. The molecule has 2 aliphatic heterocycles. The third-order valence-corrected chi connectivity index (χ3v) is 13.4. The molecule has 5 N–H and O–H groups in total. The highest BCUT2D eigenvalue weighted by atomic mass is 127. The smallest absolute Gasteiger partial charge is 0.358 e. The molecule has 0 radical (unpaired) electrons. The molecule has 6 heterocycles. The fraction of sp³-hybridized carbons (Fsp3) is 0.255. The number of carbonyl (C=O) groups is 2. The Bertz CT molecular complexity index is 2860. The van der Waals surface area contributed by atoms with E-state index < -0.39 is 70.4 Å². The summed E-state index contributed by atoms with van der Waals surface area (Å²) in [5, 5.41) is 42.8. The number of nitrogens with zero attached hydrogens (tertiary/aromatic N) is 6. The summed E-state index contributed by atoms with van der Waals surface area (Å²) < 4.78 is 70.7. The van der Waals surface area contributed by atoms with Gasteiger partial charge in [-0.2, -0.15) is 10.2 Å². The summed E-state index contributed by atoms with van der Waals surface area (Å²) >= 11 is 2.05. The Kier molecular flexibility index (Phi) is 20.5. The molecule has 8 aromatic rings. The van der Waals surface area contributed by atoms with Gasteiger partial charge in [0.15, 0.2) is 35.5 Å². The molecule has 0 spiro atoms. The van der Waals surface area contributed by atoms with Gasteiger partial charge in [0.1, 0.15) is 67.5 Å². The summed E-state index contributed by atoms with van der Waals surface area (Å²) in [6.07, 6.45) is -6.96. The van der Waals surface area contributed by atoms with Gasteiger partial charge in [0.25, 0.3) is 11.8 Å². The van der Waals surface area contributed by atoms with Crippen molar-refractivity contribution in [2.75, 3.05) is 42.2 Å². The fourth-order valence-electron chi connectivity index (χ4n) is 7.76. The number of aliphatic hydroxyl groups is 3. The summed E-state index contributed by atoms with van der Waals surface area (Å²) in [6.45, 7) is 3.52. The van der Waals surface area contributed by atoms with Crippen LogP contribution in [0.5, 0.6) is 11.5 Å². The van der Waals surface area contributed by atoms with Gasteiger partial charge in [-0.1, -0.05) is 95.4 Å². The van der Waals surface area contributed by atoms with Crippen molar-refractivity contribution in [2.45, 2.75) is 49.0 Å². The van der Waals surface area contributed by atoms with E-state index in [0.29, 0.717) is 43.8 Å². The number of benzene rings is 4. The highest BCUT2D eigenvalue weighted by molar-refractivity contribution is 14.1. The van der Waals surface area contributed by atoms with Crippen molar-refractivity contribution in [1.82, 2.24) is 29.2 Å². The van der Waals surface area contributed by atoms with Crippen LogP contribution < -0.4 is 43.7 Å². The van der Waals surface area contributed by atoms with Gasteiger partial charge in [-0.25, -0.2) is 27.8 Å². The van der Waals surface area contributed by atoms with Gasteiger partial charge < -0.3 is 68.5 Å². The number of halogens is 5. The van der Waals surface area contributed by atoms with Crippen molar-refractivity contribution in [1.29, 1.82) is 0 Å². The largest absolute Gasteiger partial charge is 1.00 e. The number of aromatic nitrogens is 6. The Morgan fingerprint density at radius 1 is 0.662 bits per heavy atom. The molecule has 390 valence electrons. The maximum absolute atomic E-state index is 14.5. The van der Waals surface area contributed by atoms with E-state index in [4.69, 9.17) is 19.9 Å². The molecule has 74 heavy (non-hydrogen) atoms. The lowest BCUT2D eigenvalue weighted by molar-refractivity contribution is -0.0241. The number of carbonyl (C=O) groups excluding carboxylic acids is 2. The molecule has 0 saturated carbocycles. The average molecular weight is 1260 g/mol. The van der Waals surface area contributed by atoms with Crippen molar-refractivity contribution in [2.24, 2.45) is 0 Å². The van der Waals surface area contributed by atoms with E-state index in [1.807, 2.05) is 86.1 Å². The van der Waals surface area contributed by atoms with E-state index in [1.54, 1.807) is 72.8 Å². The zero-order valence-electron chi connectivity index (χ0n) is 40.6. The Morgan fingerprint density at radius 2 is 1.03 bits per heavy atom. The minimum atomic E-state index is -1.89. The van der Waals surface area contributed by atoms with Crippen molar-refractivity contribution in [3.8, 4) is 11.5 Å². The molecule has 2 amide bonds. The Morgan fingerprint density at radius 3 is 1.38 bits per heavy atom. The summed E-state index contributed by atoms with van der Waals surface area (Å²) in [6, 6.07) is 43.5. The van der Waals surface area contributed by atoms with E-state index in [-0.39, 0.29) is 41.6 Å². The molecule has 2 fully saturated rings. The summed E-state index contributed by atoms with van der Waals surface area (Å²) in [7, 11) is -2.89. The molecule has 8 atom stereocenters. The van der Waals surface area contributed by atoms with E-state index in [0.717, 1.165) is 11.5 Å². The van der Waals surface area contributed by atoms with Gasteiger partial charge >= 0.3 is 7.72 Å². The first-order valence-electron chi connectivity index (χ1n) is 23.2. The fourth-order valence-corrected chi connectivity index (χ4v) is 9.78. The number of amides is 2. The van der Waals surface area contributed by atoms with Crippen LogP contribution >= 0.6 is 30.3 Å². The Balaban J connectivity index is 0.000000181. The van der Waals surface area contributed by atoms with Crippen molar-refractivity contribution in [3.63, 3.8) is 0 Å². The number of nitrogens with one attached hydrogen (secondary N) is 2. The molecular formula is C51H52F3I2N8O9P. The van der Waals surface area contributed by atoms with Gasteiger partial charge in [0, 0.05) is 15.6 Å². The lowest BCUT2D eigenvalue weighted by atomic mass is 10.1. The molecule has 0 aliphatic carbocycles. The van der Waals surface area contributed by atoms with E-state index in [1.165, 1.54) is 21.7 Å². The van der Waals surface area contributed by atoms with Crippen LogP contribution in [0.4, 0.5) is 24.8 Å². The molecule has 10 rings (SSSR count). The van der Waals surface area contributed by atoms with E-state index >= 15 is 0 Å². The highest BCUT2D eigenvalue weighted by Gasteiger charge is 2.47. The third kappa shape index (κ3) is 13.9. The predicted molar refractivity (Wildman–Crippen MR) is 278 cm³/mol. The number of ether oxygens (including phenoxy) is 2. The highest BCUT2D eigenvalue weighted by Crippen LogP contribution is 2.53. The second-order valence-corrected chi connectivity index (χ2v) is 20.2. The van der Waals surface area contributed by atoms with E-state index in [9.17, 15) is 38.1 Å². The van der Waals surface area contributed by atoms with E-state index in [2.05, 4.69) is 53.4 Å². The summed E-state index contributed by atoms with van der Waals surface area (Å²) in [5.41, 5.74) is 2.75. The van der Waals surface area contributed by atoms with Crippen LogP contribution in [0.1, 0.15) is 45.7 Å². The first kappa shape index (κ1) is 55.9. The Hall–Kier alpha value is -5.86. The number of alkyl halides is 4. The Labute approximate surface area is 456 Å². The number of fused-ring (bicyclic) bond motifs is 2. The van der Waals surface area contributed by atoms with Crippen LogP contribution in [0.2, 0.25) is 0 Å². The molecule has 2 saturated heterocycles. The lowest BCUT2D eigenvalue weighted by Crippen LogP contribution is -3.00. The third-order valence-electron chi connectivity index (χ3n) is 11.2. The van der Waals surface area contributed by atoms with Crippen molar-refractivity contribution in [3.05, 3.63) is 181 Å². The molecule has 0 unspecified atom stereocenters. The first-order valence-corrected chi connectivity index (χ1v) is 26.5. The van der Waals surface area contributed by atoms with Crippen LogP contribution in [0.15, 0.2) is 158 Å². The van der Waals surface area contributed by atoms with Crippen LogP contribution in [0, 0.1) is 0 Å². The van der Waals surface area contributed by atoms with Crippen LogP contribution in [-0.4, -0.2) is 125 Å². The van der Waals surface area contributed by atoms with Gasteiger partial charge in [-0.3, -0.25) is 14.0 Å². The average Bonchev–Trinajstić information content (AvgIpc) is 4.19. The minimum absolute atomic E-state index is 0. The lowest BCUT2D eigenvalue weighted by Gasteiger charge is -2.16. The summed E-state index contributed by atoms with van der Waals surface area (Å²) in [5.74, 6) is 1.63. The van der Waals surface area contributed by atoms with Gasteiger partial charge in [-0.15, -0.1) is 0 Å². The monoisotopic (exact) mass is 1260 g/mol. The molecule has 4 aromatic carbocycles. The van der Waals surface area contributed by atoms with Gasteiger partial charge in [0.05, 0.1) is 32.6 Å². The molecular weight excluding hydrogens is 1210 g/mol. The van der Waals surface area contributed by atoms with Crippen molar-refractivity contribution < 1.29 is 81.9 Å². The molecule has 2 aliphatic rings. The molecule has 17 nitrogen and oxygen atoms in total. The van der Waals surface area contributed by atoms with Gasteiger partial charge in [0.2, 0.25) is 0 Å². The topological polar surface area (TPSA) is 216 Å². The maximum Gasteiger partial charge on any atom is 0.358 e. The number of hydrogen-bond donors (Lipinski definition) is 5. The second kappa shape index (κ2) is 27.1. The molecule has 0 bridgehead atoms. The quantitative estimate of drug-likeness (QED) is 0.0581. The normalized spacial score (nSPS) is 21.0. The number of hydrogen-bond acceptors (Lipinski definition) is 13.